The van der Waals surface area contributed by atoms with Crippen molar-refractivity contribution in [3.8, 4) is 0 Å². The summed E-state index contributed by atoms with van der Waals surface area (Å²) >= 11 is 0. The number of carbonyl (C=O) groups is 3. The van der Waals surface area contributed by atoms with E-state index in [-0.39, 0.29) is 36.5 Å². The molecule has 2 saturated heterocycles. The van der Waals surface area contributed by atoms with E-state index >= 15 is 0 Å². The Morgan fingerprint density at radius 2 is 1.67 bits per heavy atom. The van der Waals surface area contributed by atoms with Crippen LogP contribution in [0.4, 0.5) is 4.79 Å². The van der Waals surface area contributed by atoms with Crippen LogP contribution in [0.25, 0.3) is 0 Å². The minimum absolute atomic E-state index is 0.0476. The van der Waals surface area contributed by atoms with Crippen LogP contribution in [0.5, 0.6) is 0 Å². The van der Waals surface area contributed by atoms with Crippen LogP contribution in [-0.2, 0) is 19.0 Å². The van der Waals surface area contributed by atoms with Crippen LogP contribution in [0.1, 0.15) is 69.4 Å². The topological polar surface area (TPSA) is 103 Å². The molecule has 3 heterocycles. The molecule has 0 aliphatic carbocycles. The maximum atomic E-state index is 12.9. The van der Waals surface area contributed by atoms with E-state index in [0.29, 0.717) is 38.5 Å². The Morgan fingerprint density at radius 1 is 1.03 bits per heavy atom. The molecule has 0 aromatic carbocycles. The predicted octanol–water partition coefficient (Wildman–Crippen LogP) is 2.64. The van der Waals surface area contributed by atoms with Gasteiger partial charge in [-0.05, 0) is 46.5 Å². The number of rotatable bonds is 6. The summed E-state index contributed by atoms with van der Waals surface area (Å²) < 4.78 is 17.8. The van der Waals surface area contributed by atoms with E-state index in [4.69, 9.17) is 9.47 Å². The Morgan fingerprint density at radius 3 is 2.27 bits per heavy atom. The van der Waals surface area contributed by atoms with E-state index in [1.54, 1.807) is 16.1 Å². The number of amides is 2. The highest BCUT2D eigenvalue weighted by atomic mass is 16.6. The third kappa shape index (κ3) is 7.18. The Balaban J connectivity index is 1.44. The fraction of sp³-hybridized carbons (Fsp3) is 0.739. The van der Waals surface area contributed by atoms with Crippen molar-refractivity contribution < 1.29 is 28.6 Å². The molecule has 2 fully saturated rings. The SMILES string of the molecule is COC(=O)CCOC1CCN(C(=O)c2cn(C3CCN(C(=O)OC(C)(C)C)CC3)cn2)CC1. The van der Waals surface area contributed by atoms with Crippen LogP contribution in [0.3, 0.4) is 0 Å². The lowest BCUT2D eigenvalue weighted by atomic mass is 10.1. The monoisotopic (exact) mass is 464 g/mol. The van der Waals surface area contributed by atoms with Gasteiger partial charge in [0.15, 0.2) is 0 Å². The van der Waals surface area contributed by atoms with Crippen molar-refractivity contribution in [3.05, 3.63) is 18.2 Å². The second kappa shape index (κ2) is 11.0. The number of hydrogen-bond donors (Lipinski definition) is 0. The average Bonchev–Trinajstić information content (AvgIpc) is 3.28. The van der Waals surface area contributed by atoms with Gasteiger partial charge in [0.2, 0.25) is 0 Å². The third-order valence-corrected chi connectivity index (χ3v) is 5.98. The predicted molar refractivity (Wildman–Crippen MR) is 120 cm³/mol. The van der Waals surface area contributed by atoms with Crippen molar-refractivity contribution in [2.75, 3.05) is 39.9 Å². The van der Waals surface area contributed by atoms with E-state index in [9.17, 15) is 14.4 Å². The Kier molecular flexibility index (Phi) is 8.34. The first-order valence-electron chi connectivity index (χ1n) is 11.7. The summed E-state index contributed by atoms with van der Waals surface area (Å²) in [5, 5.41) is 0. The molecule has 10 nitrogen and oxygen atoms in total. The third-order valence-electron chi connectivity index (χ3n) is 5.98. The van der Waals surface area contributed by atoms with Gasteiger partial charge in [0.05, 0.1) is 32.6 Å². The fourth-order valence-electron chi connectivity index (χ4n) is 4.12. The minimum Gasteiger partial charge on any atom is -0.469 e. The van der Waals surface area contributed by atoms with Gasteiger partial charge < -0.3 is 28.6 Å². The number of piperidine rings is 2. The first-order valence-corrected chi connectivity index (χ1v) is 11.7. The number of imidazole rings is 1. The van der Waals surface area contributed by atoms with Gasteiger partial charge in [-0.3, -0.25) is 9.59 Å². The van der Waals surface area contributed by atoms with Gasteiger partial charge in [0, 0.05) is 38.4 Å². The van der Waals surface area contributed by atoms with E-state index in [1.807, 2.05) is 31.5 Å². The maximum Gasteiger partial charge on any atom is 0.410 e. The smallest absolute Gasteiger partial charge is 0.410 e. The van der Waals surface area contributed by atoms with Crippen LogP contribution in [0.2, 0.25) is 0 Å². The molecule has 0 N–H and O–H groups in total. The van der Waals surface area contributed by atoms with Crippen LogP contribution >= 0.6 is 0 Å². The lowest BCUT2D eigenvalue weighted by molar-refractivity contribution is -0.142. The first-order chi connectivity index (χ1) is 15.7. The Bertz CT molecular complexity index is 817. The summed E-state index contributed by atoms with van der Waals surface area (Å²) in [6, 6.07) is 0.201. The summed E-state index contributed by atoms with van der Waals surface area (Å²) in [6.45, 7) is 8.36. The number of aromatic nitrogens is 2. The van der Waals surface area contributed by atoms with Crippen molar-refractivity contribution in [1.82, 2.24) is 19.4 Å². The highest BCUT2D eigenvalue weighted by molar-refractivity contribution is 5.92. The minimum atomic E-state index is -0.503. The molecule has 184 valence electrons. The molecular weight excluding hydrogens is 428 g/mol. The number of ether oxygens (including phenoxy) is 3. The molecule has 10 heteroatoms. The van der Waals surface area contributed by atoms with E-state index in [1.165, 1.54) is 7.11 Å². The van der Waals surface area contributed by atoms with Crippen LogP contribution in [0.15, 0.2) is 12.5 Å². The molecule has 1 aromatic rings. The standard InChI is InChI=1S/C23H36N4O6/c1-23(2,3)33-22(30)26-10-5-17(6-11-26)27-15-19(24-16-27)21(29)25-12-7-18(8-13-25)32-14-9-20(28)31-4/h15-18H,5-14H2,1-4H3. The van der Waals surface area contributed by atoms with E-state index in [0.717, 1.165) is 25.7 Å². The molecule has 0 atom stereocenters. The maximum absolute atomic E-state index is 12.9. The average molecular weight is 465 g/mol. The zero-order chi connectivity index (χ0) is 24.0. The number of esters is 1. The van der Waals surface area contributed by atoms with E-state index in [2.05, 4.69) is 9.72 Å². The normalized spacial score (nSPS) is 18.3. The molecule has 0 saturated carbocycles. The molecule has 0 radical (unpaired) electrons. The second-order valence-electron chi connectivity index (χ2n) is 9.59. The highest BCUT2D eigenvalue weighted by Gasteiger charge is 2.29. The van der Waals surface area contributed by atoms with Gasteiger partial charge in [-0.2, -0.15) is 0 Å². The molecule has 2 aliphatic rings. The van der Waals surface area contributed by atoms with Crippen molar-refractivity contribution >= 4 is 18.0 Å². The summed E-state index contributed by atoms with van der Waals surface area (Å²) in [6.07, 6.45) is 6.58. The highest BCUT2D eigenvalue weighted by Crippen LogP contribution is 2.25. The quantitative estimate of drug-likeness (QED) is 0.596. The summed E-state index contributed by atoms with van der Waals surface area (Å²) in [5.41, 5.74) is -0.0633. The summed E-state index contributed by atoms with van der Waals surface area (Å²) in [7, 11) is 1.36. The van der Waals surface area contributed by atoms with Crippen LogP contribution in [-0.4, -0.2) is 88.9 Å². The van der Waals surface area contributed by atoms with Gasteiger partial charge in [0.25, 0.3) is 5.91 Å². The second-order valence-corrected chi connectivity index (χ2v) is 9.59. The molecule has 0 bridgehead atoms. The van der Waals surface area contributed by atoms with Crippen molar-refractivity contribution in [2.24, 2.45) is 0 Å². The Labute approximate surface area is 195 Å². The molecule has 0 spiro atoms. The molecule has 2 aliphatic heterocycles. The van der Waals surface area contributed by atoms with Gasteiger partial charge in [-0.1, -0.05) is 0 Å². The zero-order valence-electron chi connectivity index (χ0n) is 20.1. The number of carbonyl (C=O) groups excluding carboxylic acids is 3. The Hall–Kier alpha value is -2.62. The largest absolute Gasteiger partial charge is 0.469 e. The molecule has 2 amide bonds. The zero-order valence-corrected chi connectivity index (χ0v) is 20.1. The van der Waals surface area contributed by atoms with Crippen molar-refractivity contribution in [3.63, 3.8) is 0 Å². The van der Waals surface area contributed by atoms with E-state index < -0.39 is 5.60 Å². The summed E-state index contributed by atoms with van der Waals surface area (Å²) in [5.74, 6) is -0.360. The molecule has 3 rings (SSSR count). The fourth-order valence-corrected chi connectivity index (χ4v) is 4.12. The van der Waals surface area contributed by atoms with Crippen molar-refractivity contribution in [1.29, 1.82) is 0 Å². The summed E-state index contributed by atoms with van der Waals surface area (Å²) in [4.78, 5) is 44.2. The van der Waals surface area contributed by atoms with Crippen LogP contribution < -0.4 is 0 Å². The lowest BCUT2D eigenvalue weighted by Crippen LogP contribution is -2.42. The number of nitrogens with zero attached hydrogens (tertiary/aromatic N) is 4. The molecule has 0 unspecified atom stereocenters. The lowest BCUT2D eigenvalue weighted by Gasteiger charge is -2.33. The number of hydrogen-bond acceptors (Lipinski definition) is 7. The number of methoxy groups -OCH3 is 1. The molecule has 33 heavy (non-hydrogen) atoms. The molecule has 1 aromatic heterocycles. The van der Waals surface area contributed by atoms with Crippen LogP contribution in [0, 0.1) is 0 Å². The van der Waals surface area contributed by atoms with Gasteiger partial charge in [-0.25, -0.2) is 9.78 Å². The molecular formula is C23H36N4O6. The number of likely N-dealkylation sites (tertiary alicyclic amines) is 2. The van der Waals surface area contributed by atoms with Crippen molar-refractivity contribution in [2.45, 2.75) is 70.6 Å². The first kappa shape index (κ1) is 25.0. The van der Waals surface area contributed by atoms with Gasteiger partial charge in [-0.15, -0.1) is 0 Å². The van der Waals surface area contributed by atoms with Gasteiger partial charge in [0.1, 0.15) is 11.3 Å². The van der Waals surface area contributed by atoms with Gasteiger partial charge >= 0.3 is 12.1 Å².